The zero-order valence-electron chi connectivity index (χ0n) is 7.42. The van der Waals surface area contributed by atoms with Gasteiger partial charge in [-0.1, -0.05) is 0 Å². The quantitative estimate of drug-likeness (QED) is 0.687. The van der Waals surface area contributed by atoms with Crippen LogP contribution in [0.2, 0.25) is 0 Å². The predicted molar refractivity (Wildman–Crippen MR) is 47.0 cm³/mol. The van der Waals surface area contributed by atoms with E-state index < -0.39 is 0 Å². The third kappa shape index (κ3) is 1.64. The van der Waals surface area contributed by atoms with E-state index in [0.29, 0.717) is 17.1 Å². The fraction of sp³-hybridized carbons (Fsp3) is 0.222. The molecule has 1 aromatic rings. The minimum atomic E-state index is 0.156. The highest BCUT2D eigenvalue weighted by molar-refractivity contribution is 5.63. The van der Waals surface area contributed by atoms with E-state index in [1.807, 2.05) is 6.07 Å². The molecule has 1 N–H and O–H groups in total. The highest BCUT2D eigenvalue weighted by Gasteiger charge is 2.09. The van der Waals surface area contributed by atoms with Crippen LogP contribution in [0.5, 0.6) is 11.5 Å². The van der Waals surface area contributed by atoms with Crippen LogP contribution in [-0.2, 0) is 0 Å². The molecule has 0 bridgehead atoms. The minimum Gasteiger partial charge on any atom is -0.494 e. The summed E-state index contributed by atoms with van der Waals surface area (Å²) in [5.74, 6) is 0.687. The Morgan fingerprint density at radius 1 is 1.23 bits per heavy atom. The molecule has 0 fully saturated rings. The van der Waals surface area contributed by atoms with E-state index in [4.69, 9.17) is 20.5 Å². The lowest BCUT2D eigenvalue weighted by atomic mass is 10.2. The van der Waals surface area contributed by atoms with E-state index in [2.05, 4.69) is 0 Å². The van der Waals surface area contributed by atoms with Gasteiger partial charge in [0.25, 0.3) is 0 Å². The Hall–Kier alpha value is -1.89. The van der Waals surface area contributed by atoms with E-state index >= 15 is 0 Å². The maximum atomic E-state index is 8.65. The zero-order chi connectivity index (χ0) is 9.84. The molecule has 13 heavy (non-hydrogen) atoms. The van der Waals surface area contributed by atoms with Crippen LogP contribution in [0.25, 0.3) is 0 Å². The number of ether oxygens (including phenoxy) is 2. The summed E-state index contributed by atoms with van der Waals surface area (Å²) >= 11 is 0. The summed E-state index contributed by atoms with van der Waals surface area (Å²) in [6.07, 6.45) is 0. The molecule has 1 rings (SSSR count). The van der Waals surface area contributed by atoms with Crippen molar-refractivity contribution in [1.82, 2.24) is 5.73 Å². The highest BCUT2D eigenvalue weighted by Crippen LogP contribution is 2.33. The fourth-order valence-corrected chi connectivity index (χ4v) is 0.976. The summed E-state index contributed by atoms with van der Waals surface area (Å²) in [5, 5.41) is 8.65. The molecule has 4 nitrogen and oxygen atoms in total. The van der Waals surface area contributed by atoms with E-state index in [9.17, 15) is 0 Å². The van der Waals surface area contributed by atoms with E-state index in [1.54, 1.807) is 0 Å². The lowest BCUT2D eigenvalue weighted by molar-refractivity contribution is 0.396. The average molecular weight is 177 g/mol. The van der Waals surface area contributed by atoms with Crippen LogP contribution in [0.1, 0.15) is 5.56 Å². The van der Waals surface area contributed by atoms with Crippen LogP contribution >= 0.6 is 0 Å². The van der Waals surface area contributed by atoms with Gasteiger partial charge in [0.2, 0.25) is 0 Å². The van der Waals surface area contributed by atoms with Crippen LogP contribution in [0.15, 0.2) is 12.1 Å². The number of rotatable bonds is 2. The summed E-state index contributed by atoms with van der Waals surface area (Å²) < 4.78 is 9.82. The Bertz CT molecular complexity index is 330. The smallest absolute Gasteiger partial charge is 0.148 e. The summed E-state index contributed by atoms with van der Waals surface area (Å²) in [6, 6.07) is 4.97. The molecule has 0 saturated carbocycles. The van der Waals surface area contributed by atoms with Crippen LogP contribution in [0, 0.1) is 11.3 Å². The van der Waals surface area contributed by atoms with Gasteiger partial charge in [0, 0.05) is 12.1 Å². The van der Waals surface area contributed by atoms with E-state index in [1.165, 1.54) is 26.4 Å². The van der Waals surface area contributed by atoms with Gasteiger partial charge in [0.1, 0.15) is 17.2 Å². The Morgan fingerprint density at radius 2 is 1.69 bits per heavy atom. The van der Waals surface area contributed by atoms with Gasteiger partial charge >= 0.3 is 0 Å². The number of hydrogen-bond donors (Lipinski definition) is 0. The Kier molecular flexibility index (Phi) is 2.60. The molecule has 0 aliphatic rings. The van der Waals surface area contributed by atoms with Crippen molar-refractivity contribution in [2.45, 2.75) is 0 Å². The number of benzene rings is 1. The van der Waals surface area contributed by atoms with Crippen LogP contribution in [-0.4, -0.2) is 14.2 Å². The molecule has 4 heteroatoms. The van der Waals surface area contributed by atoms with Gasteiger partial charge in [-0.3, -0.25) is 5.73 Å². The van der Waals surface area contributed by atoms with Crippen LogP contribution in [0.3, 0.4) is 0 Å². The zero-order valence-corrected chi connectivity index (χ0v) is 7.42. The minimum absolute atomic E-state index is 0.156. The summed E-state index contributed by atoms with van der Waals surface area (Å²) in [6.45, 7) is 0. The van der Waals surface area contributed by atoms with Crippen LogP contribution in [0.4, 0.5) is 5.69 Å². The standard InChI is InChI=1S/C9H9N2O2/c1-12-7-3-6(5-10)4-8(13-2)9(7)11/h3-4,11H,1-2H3. The summed E-state index contributed by atoms with van der Waals surface area (Å²) in [5.41, 5.74) is 8.14. The molecular weight excluding hydrogens is 168 g/mol. The van der Waals surface area contributed by atoms with E-state index in [-0.39, 0.29) is 5.69 Å². The molecule has 0 aliphatic carbocycles. The normalized spacial score (nSPS) is 9.00. The average Bonchev–Trinajstić information content (AvgIpc) is 2.18. The first-order valence-corrected chi connectivity index (χ1v) is 3.60. The van der Waals surface area contributed by atoms with Gasteiger partial charge in [0.15, 0.2) is 0 Å². The molecule has 67 valence electrons. The van der Waals surface area contributed by atoms with Crippen molar-refractivity contribution >= 4 is 5.69 Å². The maximum Gasteiger partial charge on any atom is 0.148 e. The molecular formula is C9H9N2O2. The van der Waals surface area contributed by atoms with Gasteiger partial charge in [-0.2, -0.15) is 5.26 Å². The van der Waals surface area contributed by atoms with Crippen molar-refractivity contribution in [3.8, 4) is 17.6 Å². The number of methoxy groups -OCH3 is 2. The third-order valence-electron chi connectivity index (χ3n) is 1.63. The van der Waals surface area contributed by atoms with Crippen molar-refractivity contribution in [2.75, 3.05) is 14.2 Å². The lowest BCUT2D eigenvalue weighted by Gasteiger charge is -2.08. The second kappa shape index (κ2) is 3.68. The van der Waals surface area contributed by atoms with Gasteiger partial charge in [-0.05, 0) is 0 Å². The lowest BCUT2D eigenvalue weighted by Crippen LogP contribution is -1.91. The van der Waals surface area contributed by atoms with Crippen molar-refractivity contribution in [1.29, 1.82) is 5.26 Å². The second-order valence-electron chi connectivity index (χ2n) is 2.37. The Morgan fingerprint density at radius 3 is 2.00 bits per heavy atom. The molecule has 1 aromatic carbocycles. The second-order valence-corrected chi connectivity index (χ2v) is 2.37. The molecule has 0 spiro atoms. The number of nitriles is 1. The SMILES string of the molecule is COc1cc(C#N)cc(OC)c1[NH]. The molecule has 1 radical (unpaired) electrons. The van der Waals surface area contributed by atoms with Gasteiger partial charge < -0.3 is 9.47 Å². The first kappa shape index (κ1) is 9.20. The molecule has 0 aliphatic heterocycles. The largest absolute Gasteiger partial charge is 0.494 e. The number of hydrogen-bond acceptors (Lipinski definition) is 3. The van der Waals surface area contributed by atoms with Crippen molar-refractivity contribution in [2.24, 2.45) is 0 Å². The van der Waals surface area contributed by atoms with Crippen molar-refractivity contribution < 1.29 is 9.47 Å². The molecule has 0 amide bonds. The first-order valence-electron chi connectivity index (χ1n) is 3.60. The maximum absolute atomic E-state index is 8.65. The van der Waals surface area contributed by atoms with Gasteiger partial charge in [0.05, 0.1) is 25.9 Å². The Labute approximate surface area is 76.5 Å². The van der Waals surface area contributed by atoms with E-state index in [0.717, 1.165) is 0 Å². The molecule has 0 unspecified atom stereocenters. The third-order valence-corrected chi connectivity index (χ3v) is 1.63. The fourth-order valence-electron chi connectivity index (χ4n) is 0.976. The highest BCUT2D eigenvalue weighted by atomic mass is 16.5. The molecule has 0 atom stereocenters. The van der Waals surface area contributed by atoms with Gasteiger partial charge in [-0.15, -0.1) is 0 Å². The topological polar surface area (TPSA) is 66.0 Å². The summed E-state index contributed by atoms with van der Waals surface area (Å²) in [7, 11) is 2.90. The molecule has 0 aromatic heterocycles. The van der Waals surface area contributed by atoms with Gasteiger partial charge in [-0.25, -0.2) is 0 Å². The monoisotopic (exact) mass is 177 g/mol. The molecule has 0 saturated heterocycles. The molecule has 0 heterocycles. The number of nitrogens with zero attached hydrogens (tertiary/aromatic N) is 1. The van der Waals surface area contributed by atoms with Crippen LogP contribution < -0.4 is 15.2 Å². The predicted octanol–water partition coefficient (Wildman–Crippen LogP) is 1.49. The Balaban J connectivity index is 3.30. The summed E-state index contributed by atoms with van der Waals surface area (Å²) in [4.78, 5) is 0. The van der Waals surface area contributed by atoms with Crippen molar-refractivity contribution in [3.63, 3.8) is 0 Å². The van der Waals surface area contributed by atoms with Crippen molar-refractivity contribution in [3.05, 3.63) is 17.7 Å². The first-order chi connectivity index (χ1) is 6.22. The number of nitrogens with one attached hydrogen (secondary N) is 1.